The van der Waals surface area contributed by atoms with Crippen molar-refractivity contribution in [2.24, 2.45) is 0 Å². The molecule has 1 aromatic carbocycles. The fraction of sp³-hybridized carbons (Fsp3) is 0.333. The Bertz CT molecular complexity index is 884. The molecule has 2 aromatic heterocycles. The van der Waals surface area contributed by atoms with E-state index < -0.39 is 0 Å². The maximum absolute atomic E-state index is 12.6. The minimum absolute atomic E-state index is 0.00118. The summed E-state index contributed by atoms with van der Waals surface area (Å²) in [5, 5.41) is 3.03. The van der Waals surface area contributed by atoms with Crippen molar-refractivity contribution in [1.29, 1.82) is 0 Å². The van der Waals surface area contributed by atoms with E-state index >= 15 is 0 Å². The zero-order valence-electron chi connectivity index (χ0n) is 15.0. The van der Waals surface area contributed by atoms with Crippen LogP contribution in [0.1, 0.15) is 50.8 Å². The first kappa shape index (κ1) is 17.0. The number of nitrogens with one attached hydrogen (secondary N) is 1. The van der Waals surface area contributed by atoms with E-state index in [2.05, 4.69) is 33.1 Å². The van der Waals surface area contributed by atoms with Crippen LogP contribution in [0.2, 0.25) is 0 Å². The van der Waals surface area contributed by atoms with E-state index in [1.165, 1.54) is 35.3 Å². The summed E-state index contributed by atoms with van der Waals surface area (Å²) < 4.78 is 2.10. The molecule has 4 nitrogen and oxygen atoms in total. The first-order valence-electron chi connectivity index (χ1n) is 9.18. The summed E-state index contributed by atoms with van der Waals surface area (Å²) in [5.41, 5.74) is 3.40. The number of rotatable bonds is 4. The van der Waals surface area contributed by atoms with Gasteiger partial charge in [0.15, 0.2) is 0 Å². The molecule has 1 aliphatic carbocycles. The van der Waals surface area contributed by atoms with Gasteiger partial charge in [-0.25, -0.2) is 4.98 Å². The van der Waals surface area contributed by atoms with Gasteiger partial charge in [-0.15, -0.1) is 11.3 Å². The molecule has 0 fully saturated rings. The Morgan fingerprint density at radius 3 is 2.77 bits per heavy atom. The second kappa shape index (κ2) is 7.46. The molecule has 0 bridgehead atoms. The molecule has 0 spiro atoms. The van der Waals surface area contributed by atoms with Gasteiger partial charge >= 0.3 is 0 Å². The molecule has 0 unspecified atom stereocenters. The SMILES string of the molecule is Cc1nccn1Cc1ccc(NC(=O)c2cc3c(s2)CCCCC3)cc1. The number of thiophene rings is 1. The highest BCUT2D eigenvalue weighted by molar-refractivity contribution is 7.14. The fourth-order valence-electron chi connectivity index (χ4n) is 3.43. The van der Waals surface area contributed by atoms with Gasteiger partial charge in [0.25, 0.3) is 5.91 Å². The molecule has 2 heterocycles. The van der Waals surface area contributed by atoms with Crippen LogP contribution in [-0.2, 0) is 19.4 Å². The lowest BCUT2D eigenvalue weighted by Gasteiger charge is -2.07. The van der Waals surface area contributed by atoms with Gasteiger partial charge in [-0.3, -0.25) is 4.79 Å². The summed E-state index contributed by atoms with van der Waals surface area (Å²) in [7, 11) is 0. The van der Waals surface area contributed by atoms with Crippen LogP contribution >= 0.6 is 11.3 Å². The Kier molecular flexibility index (Phi) is 4.89. The van der Waals surface area contributed by atoms with Crippen molar-refractivity contribution in [1.82, 2.24) is 9.55 Å². The summed E-state index contributed by atoms with van der Waals surface area (Å²) >= 11 is 1.66. The number of aryl methyl sites for hydroxylation is 3. The van der Waals surface area contributed by atoms with Gasteiger partial charge < -0.3 is 9.88 Å². The maximum atomic E-state index is 12.6. The van der Waals surface area contributed by atoms with E-state index in [9.17, 15) is 4.79 Å². The lowest BCUT2D eigenvalue weighted by atomic mass is 10.1. The highest BCUT2D eigenvalue weighted by Crippen LogP contribution is 2.29. The third kappa shape index (κ3) is 3.73. The third-order valence-electron chi connectivity index (χ3n) is 4.96. The van der Waals surface area contributed by atoms with Crippen LogP contribution in [-0.4, -0.2) is 15.5 Å². The molecule has 0 saturated heterocycles. The van der Waals surface area contributed by atoms with Crippen molar-refractivity contribution in [3.8, 4) is 0 Å². The number of hydrogen-bond acceptors (Lipinski definition) is 3. The Labute approximate surface area is 157 Å². The second-order valence-electron chi connectivity index (χ2n) is 6.87. The van der Waals surface area contributed by atoms with Crippen molar-refractivity contribution in [3.05, 3.63) is 69.4 Å². The van der Waals surface area contributed by atoms with Gasteiger partial charge in [0.1, 0.15) is 5.82 Å². The molecule has 3 aromatic rings. The molecule has 1 aliphatic rings. The topological polar surface area (TPSA) is 46.9 Å². The third-order valence-corrected chi connectivity index (χ3v) is 6.19. The van der Waals surface area contributed by atoms with Crippen LogP contribution in [0.15, 0.2) is 42.7 Å². The molecular weight excluding hydrogens is 342 g/mol. The largest absolute Gasteiger partial charge is 0.331 e. The predicted molar refractivity (Wildman–Crippen MR) is 106 cm³/mol. The van der Waals surface area contributed by atoms with Crippen molar-refractivity contribution >= 4 is 22.9 Å². The van der Waals surface area contributed by atoms with E-state index in [-0.39, 0.29) is 5.91 Å². The summed E-state index contributed by atoms with van der Waals surface area (Å²) in [6.07, 6.45) is 9.80. The smallest absolute Gasteiger partial charge is 0.265 e. The van der Waals surface area contributed by atoms with Gasteiger partial charge in [-0.2, -0.15) is 0 Å². The first-order chi connectivity index (χ1) is 12.7. The van der Waals surface area contributed by atoms with E-state index in [0.717, 1.165) is 35.8 Å². The predicted octanol–water partition coefficient (Wildman–Crippen LogP) is 4.82. The minimum Gasteiger partial charge on any atom is -0.331 e. The minimum atomic E-state index is 0.00118. The standard InChI is InChI=1S/C21H23N3OS/c1-15-22-11-12-24(15)14-16-7-9-18(10-8-16)23-21(25)20-13-17-5-3-2-4-6-19(17)26-20/h7-13H,2-6,14H2,1H3,(H,23,25). The number of imidazole rings is 1. The van der Waals surface area contributed by atoms with Crippen molar-refractivity contribution in [3.63, 3.8) is 0 Å². The molecule has 5 heteroatoms. The number of amides is 1. The lowest BCUT2D eigenvalue weighted by molar-refractivity contribution is 0.103. The summed E-state index contributed by atoms with van der Waals surface area (Å²) in [6, 6.07) is 10.1. The number of nitrogens with zero attached hydrogens (tertiary/aromatic N) is 2. The first-order valence-corrected chi connectivity index (χ1v) is 10.0. The van der Waals surface area contributed by atoms with Crippen LogP contribution in [0.4, 0.5) is 5.69 Å². The normalized spacial score (nSPS) is 13.9. The van der Waals surface area contributed by atoms with Crippen LogP contribution in [0, 0.1) is 6.92 Å². The fourth-order valence-corrected chi connectivity index (χ4v) is 4.58. The lowest BCUT2D eigenvalue weighted by Crippen LogP contribution is -2.10. The number of fused-ring (bicyclic) bond motifs is 1. The molecule has 0 saturated carbocycles. The molecule has 0 radical (unpaired) electrons. The quantitative estimate of drug-likeness (QED) is 0.674. The molecule has 1 N–H and O–H groups in total. The van der Waals surface area contributed by atoms with Crippen LogP contribution < -0.4 is 5.32 Å². The van der Waals surface area contributed by atoms with Crippen molar-refractivity contribution in [2.75, 3.05) is 5.32 Å². The number of aromatic nitrogens is 2. The van der Waals surface area contributed by atoms with Gasteiger partial charge in [0.05, 0.1) is 4.88 Å². The van der Waals surface area contributed by atoms with Crippen molar-refractivity contribution in [2.45, 2.75) is 45.6 Å². The van der Waals surface area contributed by atoms with E-state index in [1.807, 2.05) is 31.5 Å². The monoisotopic (exact) mass is 365 g/mol. The van der Waals surface area contributed by atoms with Crippen LogP contribution in [0.5, 0.6) is 0 Å². The maximum Gasteiger partial charge on any atom is 0.265 e. The van der Waals surface area contributed by atoms with E-state index in [0.29, 0.717) is 0 Å². The number of benzene rings is 1. The molecule has 0 aliphatic heterocycles. The van der Waals surface area contributed by atoms with Crippen molar-refractivity contribution < 1.29 is 4.79 Å². The van der Waals surface area contributed by atoms with Crippen LogP contribution in [0.3, 0.4) is 0 Å². The van der Waals surface area contributed by atoms with Crippen LogP contribution in [0.25, 0.3) is 0 Å². The zero-order valence-corrected chi connectivity index (χ0v) is 15.8. The molecule has 0 atom stereocenters. The summed E-state index contributed by atoms with van der Waals surface area (Å²) in [6.45, 7) is 2.79. The Morgan fingerprint density at radius 2 is 2.00 bits per heavy atom. The molecular formula is C21H23N3OS. The van der Waals surface area contributed by atoms with Gasteiger partial charge in [0, 0.05) is 29.5 Å². The second-order valence-corrected chi connectivity index (χ2v) is 8.01. The Hall–Kier alpha value is -2.40. The number of anilines is 1. The number of carbonyl (C=O) groups is 1. The Balaban J connectivity index is 1.42. The zero-order chi connectivity index (χ0) is 17.9. The molecule has 1 amide bonds. The summed E-state index contributed by atoms with van der Waals surface area (Å²) in [5.74, 6) is 1.00. The van der Waals surface area contributed by atoms with Gasteiger partial charge in [0.2, 0.25) is 0 Å². The molecule has 4 rings (SSSR count). The average molecular weight is 366 g/mol. The van der Waals surface area contributed by atoms with Gasteiger partial charge in [-0.1, -0.05) is 18.6 Å². The number of hydrogen-bond donors (Lipinski definition) is 1. The number of carbonyl (C=O) groups excluding carboxylic acids is 1. The van der Waals surface area contributed by atoms with E-state index in [1.54, 1.807) is 11.3 Å². The van der Waals surface area contributed by atoms with E-state index in [4.69, 9.17) is 0 Å². The van der Waals surface area contributed by atoms with Gasteiger partial charge in [-0.05, 0) is 61.9 Å². The molecule has 26 heavy (non-hydrogen) atoms. The highest BCUT2D eigenvalue weighted by Gasteiger charge is 2.16. The summed E-state index contributed by atoms with van der Waals surface area (Å²) in [4.78, 5) is 19.1. The highest BCUT2D eigenvalue weighted by atomic mass is 32.1. The average Bonchev–Trinajstić information content (AvgIpc) is 3.17. The molecule has 134 valence electrons. The Morgan fingerprint density at radius 1 is 1.19 bits per heavy atom.